The first-order valence-electron chi connectivity index (χ1n) is 17.9. The molecule has 4 amide bonds. The number of carboxylic acid groups (broad SMARTS) is 1. The predicted octanol–water partition coefficient (Wildman–Crippen LogP) is 4.63. The molecule has 0 saturated heterocycles. The summed E-state index contributed by atoms with van der Waals surface area (Å²) in [6.45, 7) is 0.680. The average molecular weight is 819 g/mol. The van der Waals surface area contributed by atoms with Crippen molar-refractivity contribution in [1.29, 1.82) is 5.41 Å². The van der Waals surface area contributed by atoms with Gasteiger partial charge in [-0.05, 0) is 49.1 Å². The fourth-order valence-corrected chi connectivity index (χ4v) is 8.24. The third-order valence-corrected chi connectivity index (χ3v) is 11.7. The highest BCUT2D eigenvalue weighted by Crippen LogP contribution is 2.29. The number of carbonyl (C=O) groups is 5. The number of amidine groups is 1. The standard InChI is InChI=1S/C37H42N10O6S3/c38-36-46-32-31(34(51)47-36)43-26(21-41-32)20-40-25-13-11-24(12-14-25)33(50)44-27(35(52)53)15-16-29(48)39-17-19-55-54-18-7-2-1-6-10-30(49)45-37-42-22-28(56-37)23-8-4-3-5-9-23/h3-5,8-9,11-14,21-22,27,31,40H,1-2,6-7,10,15-20H2,(H,39,48)(H,44,50)(H,52,53)(H2,38,47,51)(H,42,45,49)/t27-,31?/m0/s1. The number of aliphatic carboxylic acids is 1. The van der Waals surface area contributed by atoms with Crippen molar-refractivity contribution >= 4 is 97.1 Å². The van der Waals surface area contributed by atoms with Crippen molar-refractivity contribution in [2.24, 2.45) is 15.0 Å². The van der Waals surface area contributed by atoms with Crippen LogP contribution < -0.4 is 26.6 Å². The third-order valence-electron chi connectivity index (χ3n) is 8.27. The lowest BCUT2D eigenvalue weighted by molar-refractivity contribution is -0.139. The van der Waals surface area contributed by atoms with E-state index in [9.17, 15) is 29.1 Å². The topological polar surface area (TPSA) is 240 Å². The van der Waals surface area contributed by atoms with Gasteiger partial charge in [-0.15, -0.1) is 0 Å². The number of amides is 4. The minimum absolute atomic E-state index is 0.0248. The molecular formula is C37H42N10O6S3. The number of rotatable bonds is 22. The third kappa shape index (κ3) is 13.4. The predicted molar refractivity (Wildman–Crippen MR) is 223 cm³/mol. The summed E-state index contributed by atoms with van der Waals surface area (Å²) in [6, 6.07) is 14.1. The fourth-order valence-electron chi connectivity index (χ4n) is 5.35. The Bertz CT molecular complexity index is 1970. The van der Waals surface area contributed by atoms with Crippen molar-refractivity contribution in [3.63, 3.8) is 0 Å². The summed E-state index contributed by atoms with van der Waals surface area (Å²) in [5.74, 6) is -1.08. The van der Waals surface area contributed by atoms with Crippen molar-refractivity contribution < 1.29 is 29.1 Å². The number of unbranched alkanes of at least 4 members (excludes halogenated alkanes) is 3. The van der Waals surface area contributed by atoms with Gasteiger partial charge in [0.1, 0.15) is 6.04 Å². The van der Waals surface area contributed by atoms with Crippen LogP contribution in [0.15, 0.2) is 75.8 Å². The number of thiazole rings is 1. The number of carboxylic acids is 1. The molecule has 7 N–H and O–H groups in total. The van der Waals surface area contributed by atoms with Gasteiger partial charge in [-0.25, -0.2) is 14.8 Å². The van der Waals surface area contributed by atoms with Gasteiger partial charge in [0, 0.05) is 48.3 Å². The molecule has 56 heavy (non-hydrogen) atoms. The van der Waals surface area contributed by atoms with Gasteiger partial charge in [-0.1, -0.05) is 76.1 Å². The van der Waals surface area contributed by atoms with Gasteiger partial charge in [-0.2, -0.15) is 4.99 Å². The summed E-state index contributed by atoms with van der Waals surface area (Å²) in [7, 11) is 3.38. The van der Waals surface area contributed by atoms with E-state index in [1.807, 2.05) is 30.3 Å². The van der Waals surface area contributed by atoms with Crippen LogP contribution in [0.3, 0.4) is 0 Å². The molecule has 0 bridgehead atoms. The molecular weight excluding hydrogens is 777 g/mol. The largest absolute Gasteiger partial charge is 0.480 e. The highest BCUT2D eigenvalue weighted by Gasteiger charge is 2.31. The number of aromatic nitrogens is 1. The number of nitrogens with one attached hydrogen (secondary N) is 6. The van der Waals surface area contributed by atoms with E-state index < -0.39 is 29.9 Å². The van der Waals surface area contributed by atoms with Gasteiger partial charge < -0.3 is 26.4 Å². The number of hydrogen-bond donors (Lipinski definition) is 7. The van der Waals surface area contributed by atoms with E-state index in [4.69, 9.17) is 5.41 Å². The summed E-state index contributed by atoms with van der Waals surface area (Å²) < 4.78 is 0. The van der Waals surface area contributed by atoms with Crippen LogP contribution in [-0.4, -0.2) is 100 Å². The van der Waals surface area contributed by atoms with E-state index in [1.165, 1.54) is 29.7 Å². The molecule has 2 aliphatic rings. The number of nitrogens with zero attached hydrogens (tertiary/aromatic N) is 4. The molecule has 2 aromatic carbocycles. The monoisotopic (exact) mass is 818 g/mol. The zero-order valence-corrected chi connectivity index (χ0v) is 32.7. The molecule has 2 aliphatic heterocycles. The van der Waals surface area contributed by atoms with E-state index in [-0.39, 0.29) is 48.6 Å². The Balaban J connectivity index is 0.876. The molecule has 2 atom stereocenters. The smallest absolute Gasteiger partial charge is 0.326 e. The molecule has 0 aliphatic carbocycles. The number of hydrogen-bond acceptors (Lipinski definition) is 13. The molecule has 5 rings (SSSR count). The van der Waals surface area contributed by atoms with E-state index in [2.05, 4.69) is 46.5 Å². The first-order valence-corrected chi connectivity index (χ1v) is 21.2. The summed E-state index contributed by atoms with van der Waals surface area (Å²) >= 11 is 1.46. The Labute approximate surface area is 335 Å². The van der Waals surface area contributed by atoms with E-state index in [1.54, 1.807) is 39.9 Å². The second kappa shape index (κ2) is 21.6. The van der Waals surface area contributed by atoms with Crippen LogP contribution >= 0.6 is 32.9 Å². The van der Waals surface area contributed by atoms with Crippen LogP contribution in [0.25, 0.3) is 10.4 Å². The summed E-state index contributed by atoms with van der Waals surface area (Å²) in [4.78, 5) is 79.0. The van der Waals surface area contributed by atoms with Gasteiger partial charge in [0.2, 0.25) is 17.8 Å². The molecule has 0 saturated carbocycles. The lowest BCUT2D eigenvalue weighted by Gasteiger charge is -2.21. The van der Waals surface area contributed by atoms with Crippen LogP contribution in [0, 0.1) is 5.41 Å². The number of fused-ring (bicyclic) bond motifs is 1. The zero-order valence-electron chi connectivity index (χ0n) is 30.3. The van der Waals surface area contributed by atoms with E-state index in [0.29, 0.717) is 35.2 Å². The Kier molecular flexibility index (Phi) is 16.1. The SMILES string of the molecule is N=C1N=C2N=CC(CNc3ccc(C(=O)N[C@@H](CCC(=O)NCCSSCCCCCCC(=O)Nc4ncc(-c5ccccc5)s4)C(=O)O)cc3)=NC2C(=O)N1. The Morgan fingerprint density at radius 2 is 1.71 bits per heavy atom. The van der Waals surface area contributed by atoms with Gasteiger partial charge in [0.15, 0.2) is 17.0 Å². The molecule has 3 heterocycles. The van der Waals surface area contributed by atoms with Crippen molar-refractivity contribution in [3.8, 4) is 10.4 Å². The Hall–Kier alpha value is -5.40. The quantitative estimate of drug-likeness (QED) is 0.0548. The maximum absolute atomic E-state index is 12.8. The summed E-state index contributed by atoms with van der Waals surface area (Å²) in [6.07, 6.45) is 7.42. The molecule has 0 spiro atoms. The number of aliphatic imine (C=N–C) groups is 3. The number of guanidine groups is 1. The van der Waals surface area contributed by atoms with Crippen LogP contribution in [0.5, 0.6) is 0 Å². The van der Waals surface area contributed by atoms with Crippen molar-refractivity contribution in [3.05, 3.63) is 66.4 Å². The first-order chi connectivity index (χ1) is 27.1. The van der Waals surface area contributed by atoms with Crippen molar-refractivity contribution in [2.45, 2.75) is 57.0 Å². The number of anilines is 2. The molecule has 16 nitrogen and oxygen atoms in total. The van der Waals surface area contributed by atoms with Crippen LogP contribution in [-0.2, 0) is 19.2 Å². The van der Waals surface area contributed by atoms with E-state index >= 15 is 0 Å². The number of carbonyl (C=O) groups excluding carboxylic acids is 4. The van der Waals surface area contributed by atoms with Gasteiger partial charge >= 0.3 is 5.97 Å². The minimum Gasteiger partial charge on any atom is -0.480 e. The van der Waals surface area contributed by atoms with Crippen LogP contribution in [0.4, 0.5) is 10.8 Å². The molecule has 3 aromatic rings. The molecule has 0 radical (unpaired) electrons. The summed E-state index contributed by atoms with van der Waals surface area (Å²) in [5, 5.41) is 31.4. The molecule has 1 unspecified atom stereocenters. The van der Waals surface area contributed by atoms with Gasteiger partial charge in [0.05, 0.1) is 23.3 Å². The Morgan fingerprint density at radius 1 is 0.946 bits per heavy atom. The highest BCUT2D eigenvalue weighted by molar-refractivity contribution is 8.76. The first kappa shape index (κ1) is 41.8. The molecule has 0 fully saturated rings. The van der Waals surface area contributed by atoms with Crippen LogP contribution in [0.1, 0.15) is 55.3 Å². The van der Waals surface area contributed by atoms with E-state index in [0.717, 1.165) is 41.9 Å². The normalized spacial score (nSPS) is 15.1. The minimum atomic E-state index is -1.24. The molecule has 294 valence electrons. The average Bonchev–Trinajstić information content (AvgIpc) is 3.66. The Morgan fingerprint density at radius 3 is 2.50 bits per heavy atom. The van der Waals surface area contributed by atoms with Crippen molar-refractivity contribution in [2.75, 3.05) is 35.2 Å². The number of benzene rings is 2. The van der Waals surface area contributed by atoms with Crippen LogP contribution in [0.2, 0.25) is 0 Å². The van der Waals surface area contributed by atoms with Gasteiger partial charge in [-0.3, -0.25) is 34.9 Å². The highest BCUT2D eigenvalue weighted by atomic mass is 33.1. The summed E-state index contributed by atoms with van der Waals surface area (Å²) in [5.41, 5.74) is 2.46. The lowest BCUT2D eigenvalue weighted by atomic mass is 10.1. The second-order valence-electron chi connectivity index (χ2n) is 12.5. The molecule has 19 heteroatoms. The lowest BCUT2D eigenvalue weighted by Crippen LogP contribution is -2.47. The van der Waals surface area contributed by atoms with Gasteiger partial charge in [0.25, 0.3) is 11.8 Å². The second-order valence-corrected chi connectivity index (χ2v) is 16.3. The maximum Gasteiger partial charge on any atom is 0.326 e. The molecule has 1 aromatic heterocycles. The zero-order chi connectivity index (χ0) is 39.7. The fraction of sp³-hybridized carbons (Fsp3) is 0.351. The van der Waals surface area contributed by atoms with Crippen molar-refractivity contribution in [1.82, 2.24) is 20.9 Å². The maximum atomic E-state index is 12.8.